The third-order valence-corrected chi connectivity index (χ3v) is 4.13. The summed E-state index contributed by atoms with van der Waals surface area (Å²) in [4.78, 5) is 21.0. The molecule has 2 N–H and O–H groups in total. The lowest BCUT2D eigenvalue weighted by molar-refractivity contribution is 0.0712. The Bertz CT molecular complexity index is 436. The summed E-state index contributed by atoms with van der Waals surface area (Å²) in [5, 5.41) is 0.787. The minimum atomic E-state index is -0.0734. The molecule has 1 aromatic rings. The molecule has 0 bridgehead atoms. The number of nitrogens with zero attached hydrogens (tertiary/aromatic N) is 3. The SMILES string of the molecule is CCCN(C)c1nc(N)c(C(=O)N(CC)CCOC)s1. The van der Waals surface area contributed by atoms with E-state index in [-0.39, 0.29) is 5.91 Å². The molecule has 0 aromatic carbocycles. The number of thiazole rings is 1. The molecule has 1 amide bonds. The fraction of sp³-hybridized carbons (Fsp3) is 0.692. The number of carbonyl (C=O) groups is 1. The van der Waals surface area contributed by atoms with Gasteiger partial charge in [0.05, 0.1) is 6.61 Å². The quantitative estimate of drug-likeness (QED) is 0.791. The average molecular weight is 300 g/mol. The van der Waals surface area contributed by atoms with E-state index in [0.717, 1.165) is 18.1 Å². The zero-order valence-corrected chi connectivity index (χ0v) is 13.5. The van der Waals surface area contributed by atoms with E-state index in [1.54, 1.807) is 12.0 Å². The van der Waals surface area contributed by atoms with Crippen molar-refractivity contribution < 1.29 is 9.53 Å². The van der Waals surface area contributed by atoms with Gasteiger partial charge in [0.1, 0.15) is 10.7 Å². The number of ether oxygens (including phenoxy) is 1. The molecule has 0 saturated heterocycles. The van der Waals surface area contributed by atoms with Crippen LogP contribution in [0.15, 0.2) is 0 Å². The average Bonchev–Trinajstić information content (AvgIpc) is 2.82. The van der Waals surface area contributed by atoms with E-state index in [1.807, 2.05) is 18.9 Å². The Morgan fingerprint density at radius 3 is 2.65 bits per heavy atom. The van der Waals surface area contributed by atoms with Crippen LogP contribution < -0.4 is 10.6 Å². The summed E-state index contributed by atoms with van der Waals surface area (Å²) in [6, 6.07) is 0. The predicted molar refractivity (Wildman–Crippen MR) is 83.5 cm³/mol. The van der Waals surface area contributed by atoms with Crippen molar-refractivity contribution in [2.24, 2.45) is 0 Å². The third kappa shape index (κ3) is 4.08. The first-order valence-corrected chi connectivity index (χ1v) is 7.62. The molecule has 0 spiro atoms. The molecule has 0 radical (unpaired) electrons. The largest absolute Gasteiger partial charge is 0.383 e. The maximum atomic E-state index is 12.4. The van der Waals surface area contributed by atoms with E-state index in [2.05, 4.69) is 11.9 Å². The summed E-state index contributed by atoms with van der Waals surface area (Å²) in [5.74, 6) is 0.240. The summed E-state index contributed by atoms with van der Waals surface area (Å²) < 4.78 is 5.02. The monoisotopic (exact) mass is 300 g/mol. The second-order valence-electron chi connectivity index (χ2n) is 4.51. The molecule has 0 aliphatic carbocycles. The zero-order valence-electron chi connectivity index (χ0n) is 12.7. The predicted octanol–water partition coefficient (Wildman–Crippen LogP) is 1.68. The Morgan fingerprint density at radius 2 is 2.10 bits per heavy atom. The Labute approximate surface area is 124 Å². The minimum absolute atomic E-state index is 0.0734. The van der Waals surface area contributed by atoms with E-state index in [4.69, 9.17) is 10.5 Å². The summed E-state index contributed by atoms with van der Waals surface area (Å²) >= 11 is 1.35. The Morgan fingerprint density at radius 1 is 1.40 bits per heavy atom. The van der Waals surface area contributed by atoms with Gasteiger partial charge in [-0.2, -0.15) is 0 Å². The summed E-state index contributed by atoms with van der Waals surface area (Å²) in [5.41, 5.74) is 5.89. The Balaban J connectivity index is 2.86. The van der Waals surface area contributed by atoms with Gasteiger partial charge in [-0.3, -0.25) is 4.79 Å². The molecular weight excluding hydrogens is 276 g/mol. The maximum Gasteiger partial charge on any atom is 0.267 e. The van der Waals surface area contributed by atoms with Crippen molar-refractivity contribution in [2.45, 2.75) is 20.3 Å². The van der Waals surface area contributed by atoms with Crippen LogP contribution in [0.25, 0.3) is 0 Å². The van der Waals surface area contributed by atoms with Crippen LogP contribution >= 0.6 is 11.3 Å². The van der Waals surface area contributed by atoms with Gasteiger partial charge < -0.3 is 20.3 Å². The number of carbonyl (C=O) groups excluding carboxylic acids is 1. The van der Waals surface area contributed by atoms with Gasteiger partial charge in [-0.15, -0.1) is 0 Å². The lowest BCUT2D eigenvalue weighted by Crippen LogP contribution is -2.33. The molecule has 0 aliphatic rings. The number of anilines is 2. The molecule has 0 unspecified atom stereocenters. The Hall–Kier alpha value is -1.34. The van der Waals surface area contributed by atoms with Gasteiger partial charge in [0.2, 0.25) is 0 Å². The molecule has 1 heterocycles. The van der Waals surface area contributed by atoms with E-state index >= 15 is 0 Å². The molecule has 1 aromatic heterocycles. The highest BCUT2D eigenvalue weighted by molar-refractivity contribution is 7.18. The van der Waals surface area contributed by atoms with Gasteiger partial charge in [-0.25, -0.2) is 4.98 Å². The van der Waals surface area contributed by atoms with Crippen molar-refractivity contribution in [1.29, 1.82) is 0 Å². The van der Waals surface area contributed by atoms with Gasteiger partial charge >= 0.3 is 0 Å². The van der Waals surface area contributed by atoms with Crippen molar-refractivity contribution in [2.75, 3.05) is 51.0 Å². The molecule has 0 fully saturated rings. The number of hydrogen-bond donors (Lipinski definition) is 1. The number of nitrogens with two attached hydrogens (primary N) is 1. The molecule has 1 rings (SSSR count). The number of nitrogen functional groups attached to an aromatic ring is 1. The molecule has 114 valence electrons. The number of rotatable bonds is 8. The van der Waals surface area contributed by atoms with Crippen LogP contribution in [0.4, 0.5) is 10.9 Å². The molecule has 6 nitrogen and oxygen atoms in total. The molecule has 0 saturated carbocycles. The lowest BCUT2D eigenvalue weighted by Gasteiger charge is -2.19. The van der Waals surface area contributed by atoms with Crippen molar-refractivity contribution in [1.82, 2.24) is 9.88 Å². The van der Waals surface area contributed by atoms with Crippen molar-refractivity contribution in [3.8, 4) is 0 Å². The van der Waals surface area contributed by atoms with Gasteiger partial charge in [0.15, 0.2) is 5.13 Å². The molecular formula is C13H24N4O2S. The number of aromatic nitrogens is 1. The first-order valence-electron chi connectivity index (χ1n) is 6.80. The van der Waals surface area contributed by atoms with Crippen LogP contribution in [0.3, 0.4) is 0 Å². The molecule has 0 atom stereocenters. The number of amides is 1. The zero-order chi connectivity index (χ0) is 15.1. The highest BCUT2D eigenvalue weighted by Gasteiger charge is 2.22. The van der Waals surface area contributed by atoms with Crippen LogP contribution in [-0.2, 0) is 4.74 Å². The second-order valence-corrected chi connectivity index (χ2v) is 5.49. The highest BCUT2D eigenvalue weighted by Crippen LogP contribution is 2.28. The van der Waals surface area contributed by atoms with Crippen LogP contribution in [0.5, 0.6) is 0 Å². The minimum Gasteiger partial charge on any atom is -0.383 e. The fourth-order valence-electron chi connectivity index (χ4n) is 1.82. The van der Waals surface area contributed by atoms with Crippen molar-refractivity contribution in [3.05, 3.63) is 4.88 Å². The normalized spacial score (nSPS) is 10.6. The topological polar surface area (TPSA) is 71.7 Å². The van der Waals surface area contributed by atoms with Crippen LogP contribution in [0.2, 0.25) is 0 Å². The van der Waals surface area contributed by atoms with E-state index in [0.29, 0.717) is 30.4 Å². The van der Waals surface area contributed by atoms with Crippen LogP contribution in [0, 0.1) is 0 Å². The fourth-order valence-corrected chi connectivity index (χ4v) is 2.76. The van der Waals surface area contributed by atoms with Crippen molar-refractivity contribution in [3.63, 3.8) is 0 Å². The standard InChI is InChI=1S/C13H24N4O2S/c1-5-7-16(3)13-15-11(14)10(20-13)12(18)17(6-2)8-9-19-4/h5-9,14H2,1-4H3. The van der Waals surface area contributed by atoms with Gasteiger partial charge in [0.25, 0.3) is 5.91 Å². The second kappa shape index (κ2) is 8.06. The van der Waals surface area contributed by atoms with Gasteiger partial charge in [-0.1, -0.05) is 18.3 Å². The van der Waals surface area contributed by atoms with E-state index in [1.165, 1.54) is 11.3 Å². The van der Waals surface area contributed by atoms with Crippen molar-refractivity contribution >= 4 is 28.2 Å². The number of hydrogen-bond acceptors (Lipinski definition) is 6. The van der Waals surface area contributed by atoms with E-state index < -0.39 is 0 Å². The summed E-state index contributed by atoms with van der Waals surface area (Å²) in [7, 11) is 3.58. The van der Waals surface area contributed by atoms with E-state index in [9.17, 15) is 4.79 Å². The van der Waals surface area contributed by atoms with Crippen LogP contribution in [0.1, 0.15) is 29.9 Å². The van der Waals surface area contributed by atoms with Crippen LogP contribution in [-0.4, -0.2) is 56.2 Å². The molecule has 20 heavy (non-hydrogen) atoms. The number of methoxy groups -OCH3 is 1. The summed E-state index contributed by atoms with van der Waals surface area (Å²) in [6.45, 7) is 6.63. The maximum absolute atomic E-state index is 12.4. The third-order valence-electron chi connectivity index (χ3n) is 2.96. The van der Waals surface area contributed by atoms with Gasteiger partial charge in [-0.05, 0) is 13.3 Å². The first kappa shape index (κ1) is 16.7. The van der Waals surface area contributed by atoms with Gasteiger partial charge in [0, 0.05) is 33.8 Å². The summed E-state index contributed by atoms with van der Waals surface area (Å²) in [6.07, 6.45) is 1.02. The smallest absolute Gasteiger partial charge is 0.267 e. The lowest BCUT2D eigenvalue weighted by atomic mass is 10.4. The Kier molecular flexibility index (Phi) is 6.74. The first-order chi connectivity index (χ1) is 9.54. The number of likely N-dealkylation sites (N-methyl/N-ethyl adjacent to an activating group) is 1. The molecule has 0 aliphatic heterocycles. The molecule has 7 heteroatoms. The highest BCUT2D eigenvalue weighted by atomic mass is 32.1.